The molecule has 2 nitrogen and oxygen atoms in total. The largest absolute Gasteiger partial charge is 0.330 e. The summed E-state index contributed by atoms with van der Waals surface area (Å²) >= 11 is 0. The summed E-state index contributed by atoms with van der Waals surface area (Å²) in [5, 5.41) is 0. The highest BCUT2D eigenvalue weighted by molar-refractivity contribution is 4.82. The monoisotopic (exact) mass is 238 g/mol. The summed E-state index contributed by atoms with van der Waals surface area (Å²) < 4.78 is 0. The first-order valence-corrected chi connectivity index (χ1v) is 7.75. The lowest BCUT2D eigenvalue weighted by atomic mass is 9.82. The van der Waals surface area contributed by atoms with Gasteiger partial charge in [-0.1, -0.05) is 19.3 Å². The highest BCUT2D eigenvalue weighted by Crippen LogP contribution is 2.31. The highest BCUT2D eigenvalue weighted by atomic mass is 15.2. The smallest absolute Gasteiger partial charge is 0.00951 e. The molecule has 0 aromatic rings. The Kier molecular flexibility index (Phi) is 5.30. The van der Waals surface area contributed by atoms with Crippen molar-refractivity contribution in [2.45, 2.75) is 64.3 Å². The molecule has 1 unspecified atom stereocenters. The van der Waals surface area contributed by atoms with Gasteiger partial charge >= 0.3 is 0 Å². The maximum Gasteiger partial charge on any atom is 0.00951 e. The predicted molar refractivity (Wildman–Crippen MR) is 74.0 cm³/mol. The van der Waals surface area contributed by atoms with Crippen molar-refractivity contribution < 1.29 is 0 Å². The first-order valence-electron chi connectivity index (χ1n) is 7.75. The van der Waals surface area contributed by atoms with Crippen LogP contribution in [0.3, 0.4) is 0 Å². The molecular weight excluding hydrogens is 208 g/mol. The number of rotatable bonds is 4. The Bertz CT molecular complexity index is 203. The standard InChI is InChI=1S/C15H30N2/c1-13(15-5-3-2-4-6-15)17-11-8-14(7-10-16)9-12-17/h13-15H,2-12,16H2,1H3. The summed E-state index contributed by atoms with van der Waals surface area (Å²) in [7, 11) is 0. The molecule has 0 bridgehead atoms. The molecule has 1 saturated heterocycles. The molecule has 0 aromatic heterocycles. The summed E-state index contributed by atoms with van der Waals surface area (Å²) in [4.78, 5) is 2.75. The van der Waals surface area contributed by atoms with Crippen LogP contribution in [0.2, 0.25) is 0 Å². The molecule has 1 aliphatic carbocycles. The minimum absolute atomic E-state index is 0.828. The van der Waals surface area contributed by atoms with Crippen molar-refractivity contribution in [1.29, 1.82) is 0 Å². The molecule has 17 heavy (non-hydrogen) atoms. The van der Waals surface area contributed by atoms with Gasteiger partial charge in [-0.05, 0) is 70.5 Å². The van der Waals surface area contributed by atoms with Crippen LogP contribution >= 0.6 is 0 Å². The maximum absolute atomic E-state index is 5.66. The fourth-order valence-corrected chi connectivity index (χ4v) is 3.80. The normalized spacial score (nSPS) is 27.2. The van der Waals surface area contributed by atoms with Gasteiger partial charge in [0.15, 0.2) is 0 Å². The average Bonchev–Trinajstić information content (AvgIpc) is 2.40. The van der Waals surface area contributed by atoms with Gasteiger partial charge in [0.05, 0.1) is 0 Å². The maximum atomic E-state index is 5.66. The Morgan fingerprint density at radius 3 is 2.29 bits per heavy atom. The zero-order valence-electron chi connectivity index (χ0n) is 11.5. The van der Waals surface area contributed by atoms with Crippen LogP contribution in [0.25, 0.3) is 0 Å². The lowest BCUT2D eigenvalue weighted by molar-refractivity contribution is 0.0881. The molecule has 1 heterocycles. The molecule has 2 fully saturated rings. The summed E-state index contributed by atoms with van der Waals surface area (Å²) in [6.45, 7) is 5.99. The molecule has 100 valence electrons. The molecule has 1 saturated carbocycles. The molecule has 2 aliphatic rings. The predicted octanol–water partition coefficient (Wildman–Crippen LogP) is 3.02. The Hall–Kier alpha value is -0.0800. The van der Waals surface area contributed by atoms with Gasteiger partial charge in [-0.25, -0.2) is 0 Å². The van der Waals surface area contributed by atoms with Crippen LogP contribution in [-0.4, -0.2) is 30.6 Å². The van der Waals surface area contributed by atoms with Crippen molar-refractivity contribution in [3.05, 3.63) is 0 Å². The van der Waals surface area contributed by atoms with Gasteiger partial charge < -0.3 is 10.6 Å². The second-order valence-electron chi connectivity index (χ2n) is 6.20. The number of hydrogen-bond acceptors (Lipinski definition) is 2. The molecule has 2 heteroatoms. The van der Waals surface area contributed by atoms with E-state index in [4.69, 9.17) is 5.73 Å². The van der Waals surface area contributed by atoms with E-state index in [1.807, 2.05) is 0 Å². The van der Waals surface area contributed by atoms with Crippen molar-refractivity contribution in [3.8, 4) is 0 Å². The SMILES string of the molecule is CC(C1CCCCC1)N1CCC(CCN)CC1. The number of nitrogens with zero attached hydrogens (tertiary/aromatic N) is 1. The Morgan fingerprint density at radius 1 is 1.06 bits per heavy atom. The first-order chi connectivity index (χ1) is 8.31. The van der Waals surface area contributed by atoms with Gasteiger partial charge in [0, 0.05) is 6.04 Å². The van der Waals surface area contributed by atoms with E-state index in [2.05, 4.69) is 11.8 Å². The zero-order valence-corrected chi connectivity index (χ0v) is 11.5. The van der Waals surface area contributed by atoms with Gasteiger partial charge in [-0.2, -0.15) is 0 Å². The van der Waals surface area contributed by atoms with E-state index in [-0.39, 0.29) is 0 Å². The van der Waals surface area contributed by atoms with Crippen LogP contribution in [0, 0.1) is 11.8 Å². The third-order valence-electron chi connectivity index (χ3n) is 5.13. The van der Waals surface area contributed by atoms with Gasteiger partial charge in [0.1, 0.15) is 0 Å². The molecule has 2 N–H and O–H groups in total. The lowest BCUT2D eigenvalue weighted by Gasteiger charge is -2.40. The van der Waals surface area contributed by atoms with E-state index in [1.54, 1.807) is 0 Å². The van der Waals surface area contributed by atoms with Crippen LogP contribution in [0.1, 0.15) is 58.3 Å². The molecule has 1 aliphatic heterocycles. The minimum atomic E-state index is 0.828. The molecule has 2 rings (SSSR count). The van der Waals surface area contributed by atoms with Crippen LogP contribution in [0.4, 0.5) is 0 Å². The fraction of sp³-hybridized carbons (Fsp3) is 1.00. The third kappa shape index (κ3) is 3.69. The second kappa shape index (κ2) is 6.75. The van der Waals surface area contributed by atoms with Crippen molar-refractivity contribution in [3.63, 3.8) is 0 Å². The van der Waals surface area contributed by atoms with E-state index in [1.165, 1.54) is 64.5 Å². The summed E-state index contributed by atoms with van der Waals surface area (Å²) in [5.41, 5.74) is 5.66. The highest BCUT2D eigenvalue weighted by Gasteiger charge is 2.28. The fourth-order valence-electron chi connectivity index (χ4n) is 3.80. The van der Waals surface area contributed by atoms with Gasteiger partial charge in [0.2, 0.25) is 0 Å². The topological polar surface area (TPSA) is 29.3 Å². The average molecular weight is 238 g/mol. The number of likely N-dealkylation sites (tertiary alicyclic amines) is 1. The molecule has 0 aromatic carbocycles. The lowest BCUT2D eigenvalue weighted by Crippen LogP contribution is -2.44. The zero-order chi connectivity index (χ0) is 12.1. The molecule has 0 spiro atoms. The second-order valence-corrected chi connectivity index (χ2v) is 6.20. The van der Waals surface area contributed by atoms with Crippen LogP contribution in [0.5, 0.6) is 0 Å². The first kappa shape index (κ1) is 13.4. The molecule has 0 radical (unpaired) electrons. The minimum Gasteiger partial charge on any atom is -0.330 e. The Labute approximate surface area is 107 Å². The molecular formula is C15H30N2. The van der Waals surface area contributed by atoms with E-state index in [0.717, 1.165) is 24.4 Å². The molecule has 1 atom stereocenters. The van der Waals surface area contributed by atoms with Crippen molar-refractivity contribution >= 4 is 0 Å². The Morgan fingerprint density at radius 2 is 1.71 bits per heavy atom. The van der Waals surface area contributed by atoms with Crippen LogP contribution in [0.15, 0.2) is 0 Å². The van der Waals surface area contributed by atoms with E-state index in [9.17, 15) is 0 Å². The van der Waals surface area contributed by atoms with Gasteiger partial charge in [-0.15, -0.1) is 0 Å². The third-order valence-corrected chi connectivity index (χ3v) is 5.13. The quantitative estimate of drug-likeness (QED) is 0.816. The Balaban J connectivity index is 1.75. The van der Waals surface area contributed by atoms with E-state index in [0.29, 0.717) is 0 Å². The number of nitrogens with two attached hydrogens (primary N) is 1. The van der Waals surface area contributed by atoms with Gasteiger partial charge in [-0.3, -0.25) is 0 Å². The van der Waals surface area contributed by atoms with Gasteiger partial charge in [0.25, 0.3) is 0 Å². The van der Waals surface area contributed by atoms with Crippen LogP contribution < -0.4 is 5.73 Å². The number of hydrogen-bond donors (Lipinski definition) is 1. The number of piperidine rings is 1. The van der Waals surface area contributed by atoms with Crippen molar-refractivity contribution in [1.82, 2.24) is 4.90 Å². The summed E-state index contributed by atoms with van der Waals surface area (Å²) in [6, 6.07) is 0.828. The van der Waals surface area contributed by atoms with Crippen molar-refractivity contribution in [2.24, 2.45) is 17.6 Å². The van der Waals surface area contributed by atoms with Crippen LogP contribution in [-0.2, 0) is 0 Å². The summed E-state index contributed by atoms with van der Waals surface area (Å²) in [5.74, 6) is 1.89. The van der Waals surface area contributed by atoms with Crippen molar-refractivity contribution in [2.75, 3.05) is 19.6 Å². The van der Waals surface area contributed by atoms with E-state index >= 15 is 0 Å². The summed E-state index contributed by atoms with van der Waals surface area (Å²) in [6.07, 6.45) is 11.4. The van der Waals surface area contributed by atoms with E-state index < -0.39 is 0 Å². The molecule has 0 amide bonds.